The second-order valence-electron chi connectivity index (χ2n) is 7.74. The number of aliphatic carboxylic acids is 1. The van der Waals surface area contributed by atoms with Gasteiger partial charge in [-0.25, -0.2) is 9.78 Å². The van der Waals surface area contributed by atoms with Gasteiger partial charge in [-0.2, -0.15) is 0 Å². The average Bonchev–Trinajstić information content (AvgIpc) is 2.93. The summed E-state index contributed by atoms with van der Waals surface area (Å²) in [4.78, 5) is 33.9. The van der Waals surface area contributed by atoms with Crippen molar-refractivity contribution in [3.63, 3.8) is 0 Å². The highest BCUT2D eigenvalue weighted by molar-refractivity contribution is 5.74. The lowest BCUT2D eigenvalue weighted by molar-refractivity contribution is -0.139. The number of aromatic nitrogens is 1. The van der Waals surface area contributed by atoms with Crippen molar-refractivity contribution in [1.82, 2.24) is 25.0 Å². The Morgan fingerprint density at radius 2 is 1.93 bits per heavy atom. The molecule has 0 spiro atoms. The molecule has 156 valence electrons. The summed E-state index contributed by atoms with van der Waals surface area (Å²) in [5.74, 6) is 0.786. The van der Waals surface area contributed by atoms with Crippen LogP contribution in [0, 0.1) is 13.8 Å². The normalized spacial score (nSPS) is 22.9. The third-order valence-corrected chi connectivity index (χ3v) is 5.79. The first kappa shape index (κ1) is 20.6. The second kappa shape index (κ2) is 8.91. The number of carboxylic acid groups (broad SMARTS) is 1. The quantitative estimate of drug-likeness (QED) is 0.714. The maximum atomic E-state index is 12.5. The first-order valence-corrected chi connectivity index (χ1v) is 10.0. The predicted molar refractivity (Wildman–Crippen MR) is 103 cm³/mol. The number of carboxylic acids is 1. The highest BCUT2D eigenvalue weighted by Crippen LogP contribution is 2.25. The molecule has 1 saturated heterocycles. The third kappa shape index (κ3) is 5.02. The summed E-state index contributed by atoms with van der Waals surface area (Å²) in [6, 6.07) is 0.361. The summed E-state index contributed by atoms with van der Waals surface area (Å²) >= 11 is 0. The van der Waals surface area contributed by atoms with Crippen molar-refractivity contribution in [2.24, 2.45) is 0 Å². The molecule has 1 aromatic rings. The zero-order valence-corrected chi connectivity index (χ0v) is 17.0. The van der Waals surface area contributed by atoms with Gasteiger partial charge in [0.2, 0.25) is 5.89 Å². The van der Waals surface area contributed by atoms with Crippen LogP contribution in [0.25, 0.3) is 0 Å². The summed E-state index contributed by atoms with van der Waals surface area (Å²) in [5.41, 5.74) is 0.928. The molecule has 9 nitrogen and oxygen atoms in total. The molecule has 1 aliphatic carbocycles. The lowest BCUT2D eigenvalue weighted by atomic mass is 9.85. The molecule has 0 unspecified atom stereocenters. The van der Waals surface area contributed by atoms with Crippen LogP contribution in [0.4, 0.5) is 4.79 Å². The largest absolute Gasteiger partial charge is 0.480 e. The number of rotatable bonds is 7. The van der Waals surface area contributed by atoms with Crippen molar-refractivity contribution in [3.05, 3.63) is 17.3 Å². The van der Waals surface area contributed by atoms with Crippen molar-refractivity contribution in [1.29, 1.82) is 0 Å². The van der Waals surface area contributed by atoms with Gasteiger partial charge in [-0.05, 0) is 33.2 Å². The van der Waals surface area contributed by atoms with Crippen LogP contribution in [0.2, 0.25) is 0 Å². The van der Waals surface area contributed by atoms with Crippen LogP contribution in [0.3, 0.4) is 0 Å². The van der Waals surface area contributed by atoms with Crippen molar-refractivity contribution in [2.75, 3.05) is 39.3 Å². The number of nitrogens with zero attached hydrogens (tertiary/aromatic N) is 4. The number of urea groups is 1. The Morgan fingerprint density at radius 1 is 1.25 bits per heavy atom. The number of nitrogens with one attached hydrogen (secondary N) is 1. The van der Waals surface area contributed by atoms with Gasteiger partial charge in [0.15, 0.2) is 0 Å². The lowest BCUT2D eigenvalue weighted by Gasteiger charge is -2.43. The Morgan fingerprint density at radius 3 is 2.46 bits per heavy atom. The van der Waals surface area contributed by atoms with Gasteiger partial charge in [-0.1, -0.05) is 6.92 Å². The highest BCUT2D eigenvalue weighted by atomic mass is 16.4. The molecule has 9 heteroatoms. The van der Waals surface area contributed by atoms with E-state index in [4.69, 9.17) is 9.52 Å². The third-order valence-electron chi connectivity index (χ3n) is 5.79. The molecule has 1 saturated carbocycles. The molecule has 0 bridgehead atoms. The van der Waals surface area contributed by atoms with Crippen LogP contribution >= 0.6 is 0 Å². The van der Waals surface area contributed by atoms with Gasteiger partial charge in [0.25, 0.3) is 0 Å². The van der Waals surface area contributed by atoms with E-state index < -0.39 is 5.97 Å². The molecule has 0 atom stereocenters. The van der Waals surface area contributed by atoms with Gasteiger partial charge in [0.05, 0.1) is 18.8 Å². The van der Waals surface area contributed by atoms with Crippen molar-refractivity contribution in [2.45, 2.75) is 52.2 Å². The average molecular weight is 393 g/mol. The summed E-state index contributed by atoms with van der Waals surface area (Å²) in [7, 11) is 0. The fraction of sp³-hybridized carbons (Fsp3) is 0.737. The van der Waals surface area contributed by atoms with Crippen LogP contribution < -0.4 is 5.32 Å². The number of oxazole rings is 1. The highest BCUT2D eigenvalue weighted by Gasteiger charge is 2.35. The number of hydrogen-bond acceptors (Lipinski definition) is 6. The van der Waals surface area contributed by atoms with Crippen LogP contribution in [0.15, 0.2) is 4.42 Å². The SMILES string of the molecule is CCN(CC(=O)O)C1CC(NC(=O)N2CCN(Cc3nc(C)c(C)o3)CC2)C1. The molecule has 1 aliphatic heterocycles. The summed E-state index contributed by atoms with van der Waals surface area (Å²) in [6.07, 6.45) is 1.63. The van der Waals surface area contributed by atoms with Gasteiger partial charge in [0, 0.05) is 38.3 Å². The summed E-state index contributed by atoms with van der Waals surface area (Å²) in [5, 5.41) is 12.0. The van der Waals surface area contributed by atoms with E-state index >= 15 is 0 Å². The maximum absolute atomic E-state index is 12.5. The Hall–Kier alpha value is -2.13. The van der Waals surface area contributed by atoms with Gasteiger partial charge >= 0.3 is 12.0 Å². The number of carbonyl (C=O) groups excluding carboxylic acids is 1. The molecule has 2 heterocycles. The Kier molecular flexibility index (Phi) is 6.56. The van der Waals surface area contributed by atoms with Crippen LogP contribution in [0.5, 0.6) is 0 Å². The molecular weight excluding hydrogens is 362 g/mol. The van der Waals surface area contributed by atoms with Crippen LogP contribution in [0.1, 0.15) is 37.1 Å². The fourth-order valence-corrected chi connectivity index (χ4v) is 3.85. The number of carbonyl (C=O) groups is 2. The molecule has 2 aliphatic rings. The molecule has 2 amide bonds. The van der Waals surface area contributed by atoms with Gasteiger partial charge in [-0.15, -0.1) is 0 Å². The standard InChI is InChI=1S/C19H31N5O4/c1-4-23(12-18(25)26)16-9-15(10-16)21-19(27)24-7-5-22(6-8-24)11-17-20-13(2)14(3)28-17/h15-16H,4-12H2,1-3H3,(H,21,27)(H,25,26). The van der Waals surface area contributed by atoms with Gasteiger partial charge in [0.1, 0.15) is 5.76 Å². The molecule has 28 heavy (non-hydrogen) atoms. The number of amides is 2. The van der Waals surface area contributed by atoms with Crippen LogP contribution in [-0.4, -0.2) is 88.1 Å². The maximum Gasteiger partial charge on any atom is 0.317 e. The summed E-state index contributed by atoms with van der Waals surface area (Å²) < 4.78 is 5.64. The predicted octanol–water partition coefficient (Wildman–Crippen LogP) is 1.06. The van der Waals surface area contributed by atoms with E-state index in [2.05, 4.69) is 15.2 Å². The minimum Gasteiger partial charge on any atom is -0.480 e. The smallest absolute Gasteiger partial charge is 0.317 e. The Bertz CT molecular complexity index is 673. The van der Waals surface area contributed by atoms with Gasteiger partial charge in [-0.3, -0.25) is 14.6 Å². The van der Waals surface area contributed by atoms with Gasteiger partial charge < -0.3 is 19.7 Å². The zero-order valence-electron chi connectivity index (χ0n) is 17.0. The first-order chi connectivity index (χ1) is 13.4. The minimum absolute atomic E-state index is 0.0211. The number of piperazine rings is 1. The monoisotopic (exact) mass is 393 g/mol. The number of hydrogen-bond donors (Lipinski definition) is 2. The van der Waals surface area contributed by atoms with E-state index in [9.17, 15) is 9.59 Å². The zero-order chi connectivity index (χ0) is 20.3. The minimum atomic E-state index is -0.803. The van der Waals surface area contributed by atoms with E-state index in [1.54, 1.807) is 0 Å². The number of aryl methyl sites for hydroxylation is 2. The molecule has 3 rings (SSSR count). The molecule has 2 fully saturated rings. The molecule has 2 N–H and O–H groups in total. The van der Waals surface area contributed by atoms with Crippen molar-refractivity contribution < 1.29 is 19.1 Å². The second-order valence-corrected chi connectivity index (χ2v) is 7.74. The van der Waals surface area contributed by atoms with Crippen molar-refractivity contribution >= 4 is 12.0 Å². The van der Waals surface area contributed by atoms with Crippen molar-refractivity contribution in [3.8, 4) is 0 Å². The van der Waals surface area contributed by atoms with E-state index in [0.29, 0.717) is 26.2 Å². The van der Waals surface area contributed by atoms with E-state index in [0.717, 1.165) is 43.3 Å². The Balaban J connectivity index is 1.37. The Labute approximate surface area is 165 Å². The molecule has 0 radical (unpaired) electrons. The molecular formula is C19H31N5O4. The fourth-order valence-electron chi connectivity index (χ4n) is 3.85. The van der Waals surface area contributed by atoms with E-state index in [1.165, 1.54) is 0 Å². The first-order valence-electron chi connectivity index (χ1n) is 10.0. The number of likely N-dealkylation sites (N-methyl/N-ethyl adjacent to an activating group) is 1. The summed E-state index contributed by atoms with van der Waals surface area (Å²) in [6.45, 7) is 10.2. The topological polar surface area (TPSA) is 102 Å². The van der Waals surface area contributed by atoms with Crippen LogP contribution in [-0.2, 0) is 11.3 Å². The van der Waals surface area contributed by atoms with E-state index in [1.807, 2.05) is 30.6 Å². The molecule has 1 aromatic heterocycles. The molecule has 0 aromatic carbocycles. The van der Waals surface area contributed by atoms with E-state index in [-0.39, 0.29) is 24.7 Å². The lowest BCUT2D eigenvalue weighted by Crippen LogP contribution is -2.58.